The molecule has 3 aromatic carbocycles. The zero-order valence-electron chi connectivity index (χ0n) is 12.3. The van der Waals surface area contributed by atoms with Gasteiger partial charge >= 0.3 is 0 Å². The summed E-state index contributed by atoms with van der Waals surface area (Å²) in [5.74, 6) is 1.71. The monoisotopic (exact) mass is 285 g/mol. The summed E-state index contributed by atoms with van der Waals surface area (Å²) in [7, 11) is 0. The smallest absolute Gasteiger partial charge is 0.146 e. The van der Waals surface area contributed by atoms with Crippen LogP contribution in [0.4, 0.5) is 0 Å². The van der Waals surface area contributed by atoms with Crippen LogP contribution in [0, 0.1) is 6.92 Å². The first-order chi connectivity index (χ1) is 10.8. The lowest BCUT2D eigenvalue weighted by Gasteiger charge is -2.13. The van der Waals surface area contributed by atoms with Crippen molar-refractivity contribution in [2.45, 2.75) is 6.92 Å². The summed E-state index contributed by atoms with van der Waals surface area (Å²) < 4.78 is 6.22. The molecule has 0 saturated carbocycles. The van der Waals surface area contributed by atoms with E-state index in [1.165, 1.54) is 0 Å². The van der Waals surface area contributed by atoms with Crippen molar-refractivity contribution in [3.63, 3.8) is 0 Å². The highest BCUT2D eigenvalue weighted by atomic mass is 16.5. The summed E-state index contributed by atoms with van der Waals surface area (Å²) in [5.41, 5.74) is 3.10. The molecule has 0 fully saturated rings. The summed E-state index contributed by atoms with van der Waals surface area (Å²) in [6, 6.07) is 24.2. The van der Waals surface area contributed by atoms with E-state index in [4.69, 9.17) is 9.72 Å². The van der Waals surface area contributed by atoms with E-state index in [9.17, 15) is 0 Å². The second kappa shape index (κ2) is 5.15. The Morgan fingerprint density at radius 3 is 2.32 bits per heavy atom. The number of aryl methyl sites for hydroxylation is 1. The standard InChI is InChI=1S/C20H15NO/c1-14-8-7-12-17-19(14)21-18-13-6-5-11-16(18)20(17)22-15-9-3-2-4-10-15/h2-13H,1H3. The summed E-state index contributed by atoms with van der Waals surface area (Å²) in [6.07, 6.45) is 0. The quantitative estimate of drug-likeness (QED) is 0.454. The van der Waals surface area contributed by atoms with Crippen molar-refractivity contribution in [1.29, 1.82) is 0 Å². The second-order valence-electron chi connectivity index (χ2n) is 5.34. The number of pyridine rings is 1. The molecule has 0 aliphatic rings. The van der Waals surface area contributed by atoms with Crippen molar-refractivity contribution in [3.05, 3.63) is 78.4 Å². The molecule has 106 valence electrons. The third-order valence-electron chi connectivity index (χ3n) is 3.83. The van der Waals surface area contributed by atoms with Gasteiger partial charge in [-0.05, 0) is 42.8 Å². The predicted octanol–water partition coefficient (Wildman–Crippen LogP) is 5.49. The SMILES string of the molecule is Cc1cccc2c(Oc3ccccc3)c3ccccc3nc12. The van der Waals surface area contributed by atoms with Gasteiger partial charge in [0.05, 0.1) is 11.0 Å². The maximum absolute atomic E-state index is 6.22. The van der Waals surface area contributed by atoms with Gasteiger partial charge in [0, 0.05) is 10.8 Å². The molecule has 1 heterocycles. The van der Waals surface area contributed by atoms with Crippen LogP contribution in [0.25, 0.3) is 21.8 Å². The number of aromatic nitrogens is 1. The Balaban J connectivity index is 2.05. The number of fused-ring (bicyclic) bond motifs is 2. The highest BCUT2D eigenvalue weighted by molar-refractivity contribution is 6.02. The van der Waals surface area contributed by atoms with Crippen molar-refractivity contribution in [2.24, 2.45) is 0 Å². The molecule has 0 amide bonds. The molecule has 0 spiro atoms. The molecule has 0 aliphatic carbocycles. The van der Waals surface area contributed by atoms with Gasteiger partial charge in [-0.25, -0.2) is 4.98 Å². The molecular formula is C20H15NO. The maximum atomic E-state index is 6.22. The number of rotatable bonds is 2. The fourth-order valence-corrected chi connectivity index (χ4v) is 2.74. The third kappa shape index (κ3) is 2.09. The van der Waals surface area contributed by atoms with E-state index in [1.807, 2.05) is 54.6 Å². The van der Waals surface area contributed by atoms with Crippen molar-refractivity contribution in [3.8, 4) is 11.5 Å². The number of para-hydroxylation sites is 3. The van der Waals surface area contributed by atoms with Crippen molar-refractivity contribution in [2.75, 3.05) is 0 Å². The number of benzene rings is 3. The van der Waals surface area contributed by atoms with Crippen molar-refractivity contribution >= 4 is 21.8 Å². The Hall–Kier alpha value is -2.87. The fraction of sp³-hybridized carbons (Fsp3) is 0.0500. The van der Waals surface area contributed by atoms with Gasteiger partial charge in [-0.3, -0.25) is 0 Å². The van der Waals surface area contributed by atoms with Crippen molar-refractivity contribution in [1.82, 2.24) is 4.98 Å². The summed E-state index contributed by atoms with van der Waals surface area (Å²) >= 11 is 0. The van der Waals surface area contributed by atoms with Gasteiger partial charge in [0.15, 0.2) is 0 Å². The number of hydrogen-bond acceptors (Lipinski definition) is 2. The second-order valence-corrected chi connectivity index (χ2v) is 5.34. The van der Waals surface area contributed by atoms with E-state index in [1.54, 1.807) is 0 Å². The minimum Gasteiger partial charge on any atom is -0.456 e. The van der Waals surface area contributed by atoms with Gasteiger partial charge in [0.2, 0.25) is 0 Å². The lowest BCUT2D eigenvalue weighted by molar-refractivity contribution is 0.493. The molecule has 22 heavy (non-hydrogen) atoms. The highest BCUT2D eigenvalue weighted by Gasteiger charge is 2.12. The van der Waals surface area contributed by atoms with Crippen LogP contribution in [0.3, 0.4) is 0 Å². The summed E-state index contributed by atoms with van der Waals surface area (Å²) in [5, 5.41) is 2.08. The van der Waals surface area contributed by atoms with Crippen LogP contribution < -0.4 is 4.74 Å². The highest BCUT2D eigenvalue weighted by Crippen LogP contribution is 2.36. The minimum absolute atomic E-state index is 0.835. The average Bonchev–Trinajstić information content (AvgIpc) is 2.57. The normalized spacial score (nSPS) is 11.0. The molecule has 0 aliphatic heterocycles. The number of ether oxygens (including phenoxy) is 1. The van der Waals surface area contributed by atoms with Gasteiger partial charge in [0.25, 0.3) is 0 Å². The van der Waals surface area contributed by atoms with Gasteiger partial charge in [0.1, 0.15) is 11.5 Å². The zero-order chi connectivity index (χ0) is 14.9. The molecule has 0 bridgehead atoms. The van der Waals surface area contributed by atoms with Crippen LogP contribution in [-0.4, -0.2) is 4.98 Å². The van der Waals surface area contributed by atoms with Gasteiger partial charge < -0.3 is 4.74 Å². The molecule has 2 heteroatoms. The van der Waals surface area contributed by atoms with E-state index in [0.717, 1.165) is 38.9 Å². The van der Waals surface area contributed by atoms with E-state index in [0.29, 0.717) is 0 Å². The predicted molar refractivity (Wildman–Crippen MR) is 90.5 cm³/mol. The topological polar surface area (TPSA) is 22.1 Å². The zero-order valence-corrected chi connectivity index (χ0v) is 12.3. The fourth-order valence-electron chi connectivity index (χ4n) is 2.74. The summed E-state index contributed by atoms with van der Waals surface area (Å²) in [4.78, 5) is 4.80. The lowest BCUT2D eigenvalue weighted by atomic mass is 10.1. The Bertz CT molecular complexity index is 961. The van der Waals surface area contributed by atoms with Gasteiger partial charge in [-0.15, -0.1) is 0 Å². The molecule has 0 unspecified atom stereocenters. The van der Waals surface area contributed by atoms with E-state index in [-0.39, 0.29) is 0 Å². The largest absolute Gasteiger partial charge is 0.456 e. The molecule has 2 nitrogen and oxygen atoms in total. The first-order valence-electron chi connectivity index (χ1n) is 7.34. The van der Waals surface area contributed by atoms with E-state index >= 15 is 0 Å². The van der Waals surface area contributed by atoms with Crippen LogP contribution in [0.15, 0.2) is 72.8 Å². The molecular weight excluding hydrogens is 270 g/mol. The molecule has 0 saturated heterocycles. The molecule has 4 rings (SSSR count). The molecule has 0 atom stereocenters. The average molecular weight is 285 g/mol. The first kappa shape index (κ1) is 12.8. The number of hydrogen-bond donors (Lipinski definition) is 0. The molecule has 1 aromatic heterocycles. The van der Waals surface area contributed by atoms with Crippen molar-refractivity contribution < 1.29 is 4.74 Å². The lowest BCUT2D eigenvalue weighted by Crippen LogP contribution is -1.92. The Kier molecular flexibility index (Phi) is 3.01. The van der Waals surface area contributed by atoms with Crippen LogP contribution in [0.5, 0.6) is 11.5 Å². The maximum Gasteiger partial charge on any atom is 0.146 e. The first-order valence-corrected chi connectivity index (χ1v) is 7.34. The van der Waals surface area contributed by atoms with Crippen LogP contribution in [0.2, 0.25) is 0 Å². The van der Waals surface area contributed by atoms with Crippen LogP contribution >= 0.6 is 0 Å². The number of nitrogens with zero attached hydrogens (tertiary/aromatic N) is 1. The third-order valence-corrected chi connectivity index (χ3v) is 3.83. The molecule has 0 N–H and O–H groups in total. The van der Waals surface area contributed by atoms with Crippen LogP contribution in [0.1, 0.15) is 5.56 Å². The van der Waals surface area contributed by atoms with E-state index < -0.39 is 0 Å². The van der Waals surface area contributed by atoms with Gasteiger partial charge in [-0.1, -0.05) is 42.5 Å². The Morgan fingerprint density at radius 2 is 1.45 bits per heavy atom. The Morgan fingerprint density at radius 1 is 0.727 bits per heavy atom. The van der Waals surface area contributed by atoms with E-state index in [2.05, 4.69) is 25.1 Å². The minimum atomic E-state index is 0.835. The Labute approximate surface area is 129 Å². The summed E-state index contributed by atoms with van der Waals surface area (Å²) in [6.45, 7) is 2.08. The van der Waals surface area contributed by atoms with Crippen LogP contribution in [-0.2, 0) is 0 Å². The molecule has 0 radical (unpaired) electrons. The van der Waals surface area contributed by atoms with Gasteiger partial charge in [-0.2, -0.15) is 0 Å². The molecule has 4 aromatic rings.